The Bertz CT molecular complexity index is 694. The number of hydrogen-bond donors (Lipinski definition) is 1. The van der Waals surface area contributed by atoms with Crippen LogP contribution in [0.1, 0.15) is 42.3 Å². The van der Waals surface area contributed by atoms with Gasteiger partial charge in [-0.15, -0.1) is 5.10 Å². The normalized spacial score (nSPS) is 30.8. The van der Waals surface area contributed by atoms with Crippen molar-refractivity contribution in [1.82, 2.24) is 14.8 Å². The molecule has 2 aromatic rings. The van der Waals surface area contributed by atoms with Crippen LogP contribution in [0.5, 0.6) is 6.01 Å². The van der Waals surface area contributed by atoms with Crippen LogP contribution in [-0.4, -0.2) is 26.2 Å². The van der Waals surface area contributed by atoms with Crippen LogP contribution in [0.25, 0.3) is 0 Å². The molecule has 1 aromatic heterocycles. The molecule has 3 atom stereocenters. The van der Waals surface area contributed by atoms with Crippen molar-refractivity contribution in [3.8, 4) is 6.01 Å². The maximum Gasteiger partial charge on any atom is 0.315 e. The molecule has 3 unspecified atom stereocenters. The average Bonchev–Trinajstić information content (AvgIpc) is 2.82. The van der Waals surface area contributed by atoms with Gasteiger partial charge in [0.05, 0.1) is 6.04 Å². The Kier molecular flexibility index (Phi) is 1.82. The number of carbonyl (C=O) groups is 1. The SMILES string of the molecule is CC1(C=O)CC2c3ccccc3C1n1c(O)nnc12. The number of hydrogen-bond acceptors (Lipinski definition) is 4. The molecule has 1 aromatic carbocycles. The molecule has 0 saturated heterocycles. The summed E-state index contributed by atoms with van der Waals surface area (Å²) < 4.78 is 1.71. The number of benzene rings is 1. The van der Waals surface area contributed by atoms with Crippen LogP contribution < -0.4 is 0 Å². The minimum absolute atomic E-state index is 0.0322. The second-order valence-corrected chi connectivity index (χ2v) is 5.64. The van der Waals surface area contributed by atoms with Crippen molar-refractivity contribution in [3.63, 3.8) is 0 Å². The van der Waals surface area contributed by atoms with Gasteiger partial charge in [0.25, 0.3) is 0 Å². The zero-order valence-electron chi connectivity index (χ0n) is 10.4. The fourth-order valence-electron chi connectivity index (χ4n) is 3.65. The summed E-state index contributed by atoms with van der Waals surface area (Å²) in [5.41, 5.74) is 1.77. The van der Waals surface area contributed by atoms with E-state index in [0.717, 1.165) is 24.1 Å². The Hall–Kier alpha value is -2.17. The topological polar surface area (TPSA) is 68.0 Å². The van der Waals surface area contributed by atoms with Crippen LogP contribution in [0.4, 0.5) is 0 Å². The maximum atomic E-state index is 11.6. The second kappa shape index (κ2) is 3.23. The lowest BCUT2D eigenvalue weighted by atomic mass is 9.62. The maximum absolute atomic E-state index is 11.6. The van der Waals surface area contributed by atoms with Crippen molar-refractivity contribution in [2.75, 3.05) is 0 Å². The molecule has 3 aliphatic rings. The van der Waals surface area contributed by atoms with Crippen LogP contribution in [0.15, 0.2) is 24.3 Å². The minimum Gasteiger partial charge on any atom is -0.479 e. The summed E-state index contributed by atoms with van der Waals surface area (Å²) >= 11 is 0. The number of fused-ring (bicyclic) bond motifs is 1. The lowest BCUT2D eigenvalue weighted by Gasteiger charge is -2.47. The zero-order valence-corrected chi connectivity index (χ0v) is 10.4. The molecule has 5 heteroatoms. The van der Waals surface area contributed by atoms with Gasteiger partial charge in [-0.1, -0.05) is 36.3 Å². The summed E-state index contributed by atoms with van der Waals surface area (Å²) in [5, 5.41) is 17.8. The molecule has 5 rings (SSSR count). The monoisotopic (exact) mass is 255 g/mol. The van der Waals surface area contributed by atoms with Crippen LogP contribution in [0.2, 0.25) is 0 Å². The molecule has 1 N–H and O–H groups in total. The van der Waals surface area contributed by atoms with Gasteiger partial charge in [-0.2, -0.15) is 0 Å². The second-order valence-electron chi connectivity index (χ2n) is 5.64. The molecule has 0 spiro atoms. The Labute approximate surface area is 109 Å². The first-order chi connectivity index (χ1) is 9.15. The highest BCUT2D eigenvalue weighted by molar-refractivity contribution is 5.65. The van der Waals surface area contributed by atoms with E-state index in [-0.39, 0.29) is 18.0 Å². The van der Waals surface area contributed by atoms with Crippen molar-refractivity contribution in [2.24, 2.45) is 5.41 Å². The summed E-state index contributed by atoms with van der Waals surface area (Å²) in [7, 11) is 0. The van der Waals surface area contributed by atoms with E-state index in [9.17, 15) is 9.90 Å². The fourth-order valence-corrected chi connectivity index (χ4v) is 3.65. The highest BCUT2D eigenvalue weighted by Crippen LogP contribution is 2.57. The number of nitrogens with zero attached hydrogens (tertiary/aromatic N) is 3. The molecular weight excluding hydrogens is 242 g/mol. The van der Waals surface area contributed by atoms with Crippen molar-refractivity contribution < 1.29 is 9.90 Å². The number of aromatic hydroxyl groups is 1. The lowest BCUT2D eigenvalue weighted by molar-refractivity contribution is -0.118. The Balaban J connectivity index is 2.08. The largest absolute Gasteiger partial charge is 0.479 e. The number of rotatable bonds is 1. The molecule has 5 nitrogen and oxygen atoms in total. The molecule has 0 radical (unpaired) electrons. The number of aldehydes is 1. The molecule has 96 valence electrons. The van der Waals surface area contributed by atoms with Gasteiger partial charge in [0.15, 0.2) is 0 Å². The van der Waals surface area contributed by atoms with E-state index < -0.39 is 5.41 Å². The van der Waals surface area contributed by atoms with E-state index in [2.05, 4.69) is 16.3 Å². The standard InChI is InChI=1S/C14H13N3O2/c1-14(7-18)6-10-8-4-2-3-5-9(8)11(14)17-12(10)15-16-13(17)19/h2-5,7,10-11H,6H2,1H3,(H,16,19). The van der Waals surface area contributed by atoms with Gasteiger partial charge in [0.1, 0.15) is 12.1 Å². The quantitative estimate of drug-likeness (QED) is 0.786. The third kappa shape index (κ3) is 1.13. The fraction of sp³-hybridized carbons (Fsp3) is 0.357. The Morgan fingerprint density at radius 1 is 1.37 bits per heavy atom. The van der Waals surface area contributed by atoms with Crippen molar-refractivity contribution >= 4 is 6.29 Å². The van der Waals surface area contributed by atoms with Crippen LogP contribution in [0, 0.1) is 5.41 Å². The molecule has 0 saturated carbocycles. The Morgan fingerprint density at radius 2 is 2.11 bits per heavy atom. The molecule has 2 bridgehead atoms. The van der Waals surface area contributed by atoms with Gasteiger partial charge in [-0.25, -0.2) is 0 Å². The summed E-state index contributed by atoms with van der Waals surface area (Å²) in [4.78, 5) is 11.6. The highest BCUT2D eigenvalue weighted by atomic mass is 16.3. The van der Waals surface area contributed by atoms with Crippen molar-refractivity contribution in [2.45, 2.75) is 25.3 Å². The molecule has 0 fully saturated rings. The van der Waals surface area contributed by atoms with E-state index in [4.69, 9.17) is 0 Å². The predicted molar refractivity (Wildman–Crippen MR) is 66.9 cm³/mol. The van der Waals surface area contributed by atoms with Crippen LogP contribution in [0.3, 0.4) is 0 Å². The third-order valence-corrected chi connectivity index (χ3v) is 4.48. The van der Waals surface area contributed by atoms with Gasteiger partial charge >= 0.3 is 6.01 Å². The van der Waals surface area contributed by atoms with Gasteiger partial charge in [-0.05, 0) is 17.5 Å². The molecule has 1 aliphatic carbocycles. The van der Waals surface area contributed by atoms with Crippen molar-refractivity contribution in [3.05, 3.63) is 41.2 Å². The van der Waals surface area contributed by atoms with E-state index in [1.54, 1.807) is 4.57 Å². The number of aromatic nitrogens is 3. The smallest absolute Gasteiger partial charge is 0.315 e. The van der Waals surface area contributed by atoms with Gasteiger partial charge in [0.2, 0.25) is 0 Å². The van der Waals surface area contributed by atoms with E-state index in [1.165, 1.54) is 5.56 Å². The minimum atomic E-state index is -0.522. The average molecular weight is 255 g/mol. The van der Waals surface area contributed by atoms with E-state index in [1.807, 2.05) is 25.1 Å². The molecule has 2 aliphatic heterocycles. The highest BCUT2D eigenvalue weighted by Gasteiger charge is 2.52. The molecule has 0 amide bonds. The third-order valence-electron chi connectivity index (χ3n) is 4.48. The van der Waals surface area contributed by atoms with Gasteiger partial charge in [-0.3, -0.25) is 4.57 Å². The summed E-state index contributed by atoms with van der Waals surface area (Å²) in [6, 6.07) is 7.75. The summed E-state index contributed by atoms with van der Waals surface area (Å²) in [6.07, 6.45) is 1.72. The van der Waals surface area contributed by atoms with Crippen LogP contribution >= 0.6 is 0 Å². The van der Waals surface area contributed by atoms with Gasteiger partial charge in [0, 0.05) is 11.3 Å². The molecular formula is C14H13N3O2. The Morgan fingerprint density at radius 3 is 2.84 bits per heavy atom. The number of carbonyl (C=O) groups excluding carboxylic acids is 1. The van der Waals surface area contributed by atoms with Crippen molar-refractivity contribution in [1.29, 1.82) is 0 Å². The lowest BCUT2D eigenvalue weighted by Crippen LogP contribution is -2.44. The molecule has 19 heavy (non-hydrogen) atoms. The molecule has 3 heterocycles. The first-order valence-corrected chi connectivity index (χ1v) is 6.34. The zero-order chi connectivity index (χ0) is 13.2. The first kappa shape index (κ1) is 10.7. The summed E-state index contributed by atoms with van der Waals surface area (Å²) in [5.74, 6) is 0.797. The van der Waals surface area contributed by atoms with Gasteiger partial charge < -0.3 is 9.90 Å². The first-order valence-electron chi connectivity index (χ1n) is 6.34. The van der Waals surface area contributed by atoms with Crippen LogP contribution in [-0.2, 0) is 4.79 Å². The van der Waals surface area contributed by atoms with E-state index in [0.29, 0.717) is 0 Å². The van der Waals surface area contributed by atoms with E-state index >= 15 is 0 Å². The predicted octanol–water partition coefficient (Wildman–Crippen LogP) is 1.63. The summed E-state index contributed by atoms with van der Waals surface area (Å²) in [6.45, 7) is 1.94.